The highest BCUT2D eigenvalue weighted by Crippen LogP contribution is 1.94. The van der Waals surface area contributed by atoms with E-state index in [1.54, 1.807) is 0 Å². The van der Waals surface area contributed by atoms with Crippen molar-refractivity contribution >= 4 is 5.97 Å². The maximum atomic E-state index is 10.9. The van der Waals surface area contributed by atoms with E-state index in [1.807, 2.05) is 11.8 Å². The van der Waals surface area contributed by atoms with Gasteiger partial charge in [0.25, 0.3) is 0 Å². The quantitative estimate of drug-likeness (QED) is 0.452. The molecule has 0 spiro atoms. The molecule has 0 aromatic rings. The summed E-state index contributed by atoms with van der Waals surface area (Å²) < 4.78 is 4.54. The molecule has 0 aliphatic carbocycles. The van der Waals surface area contributed by atoms with Crippen molar-refractivity contribution in [2.24, 2.45) is 0 Å². The van der Waals surface area contributed by atoms with Gasteiger partial charge in [0, 0.05) is 6.42 Å². The second-order valence-electron chi connectivity index (χ2n) is 2.71. The molecule has 4 nitrogen and oxygen atoms in total. The molecule has 74 valence electrons. The van der Waals surface area contributed by atoms with Gasteiger partial charge in [0.2, 0.25) is 0 Å². The summed E-state index contributed by atoms with van der Waals surface area (Å²) in [6, 6.07) is 2.07. The Labute approximate surface area is 79.1 Å². The molecule has 4 heteroatoms. The number of rotatable bonds is 6. The number of methoxy groups -OCH3 is 1. The van der Waals surface area contributed by atoms with Crippen LogP contribution in [-0.4, -0.2) is 37.6 Å². The largest absolute Gasteiger partial charge is 0.468 e. The van der Waals surface area contributed by atoms with E-state index in [0.29, 0.717) is 13.0 Å². The van der Waals surface area contributed by atoms with Gasteiger partial charge in [0.1, 0.15) is 0 Å². The number of hydrogen-bond donors (Lipinski definition) is 0. The Hall–Kier alpha value is -1.08. The monoisotopic (exact) mass is 184 g/mol. The maximum Gasteiger partial charge on any atom is 0.319 e. The van der Waals surface area contributed by atoms with Crippen LogP contribution >= 0.6 is 0 Å². The minimum absolute atomic E-state index is 0.223. The van der Waals surface area contributed by atoms with Gasteiger partial charge in [-0.1, -0.05) is 6.92 Å². The number of likely N-dealkylation sites (N-methyl/N-ethyl adjacent to an activating group) is 1. The third-order valence-corrected chi connectivity index (χ3v) is 1.79. The van der Waals surface area contributed by atoms with Crippen molar-refractivity contribution in [1.82, 2.24) is 4.90 Å². The summed E-state index contributed by atoms with van der Waals surface area (Å²) in [5, 5.41) is 8.32. The van der Waals surface area contributed by atoms with Crippen LogP contribution in [0.2, 0.25) is 0 Å². The molecule has 0 saturated carbocycles. The van der Waals surface area contributed by atoms with E-state index >= 15 is 0 Å². The number of unbranched alkanes of at least 4 members (excludes halogenated alkanes) is 1. The van der Waals surface area contributed by atoms with Crippen LogP contribution in [0.15, 0.2) is 0 Å². The van der Waals surface area contributed by atoms with Crippen molar-refractivity contribution in [2.75, 3.05) is 26.7 Å². The number of nitrogens with zero attached hydrogens (tertiary/aromatic N) is 2. The van der Waals surface area contributed by atoms with E-state index in [1.165, 1.54) is 7.11 Å². The Morgan fingerprint density at radius 1 is 1.62 bits per heavy atom. The molecule has 0 aromatic heterocycles. The van der Waals surface area contributed by atoms with Gasteiger partial charge < -0.3 is 4.74 Å². The maximum absolute atomic E-state index is 10.9. The third kappa shape index (κ3) is 6.12. The molecule has 0 N–H and O–H groups in total. The Bertz CT molecular complexity index is 187. The summed E-state index contributed by atoms with van der Waals surface area (Å²) in [4.78, 5) is 12.8. The lowest BCUT2D eigenvalue weighted by Gasteiger charge is -2.17. The van der Waals surface area contributed by atoms with Gasteiger partial charge in [0.15, 0.2) is 0 Å². The molecule has 0 aromatic carbocycles. The van der Waals surface area contributed by atoms with Gasteiger partial charge in [-0.05, 0) is 19.5 Å². The average molecular weight is 184 g/mol. The fourth-order valence-corrected chi connectivity index (χ4v) is 0.978. The van der Waals surface area contributed by atoms with E-state index in [2.05, 4.69) is 10.8 Å². The molecule has 0 aliphatic heterocycles. The summed E-state index contributed by atoms with van der Waals surface area (Å²) >= 11 is 0. The van der Waals surface area contributed by atoms with Crippen LogP contribution in [0.4, 0.5) is 0 Å². The Morgan fingerprint density at radius 3 is 2.77 bits per heavy atom. The lowest BCUT2D eigenvalue weighted by Crippen LogP contribution is -2.31. The van der Waals surface area contributed by atoms with Crippen LogP contribution in [0.3, 0.4) is 0 Å². The van der Waals surface area contributed by atoms with Gasteiger partial charge >= 0.3 is 5.97 Å². The zero-order valence-corrected chi connectivity index (χ0v) is 8.25. The van der Waals surface area contributed by atoms with Crippen molar-refractivity contribution in [2.45, 2.75) is 19.8 Å². The highest BCUT2D eigenvalue weighted by Gasteiger charge is 2.07. The second kappa shape index (κ2) is 7.56. The normalized spacial score (nSPS) is 9.69. The first-order valence-electron chi connectivity index (χ1n) is 4.40. The molecule has 0 radical (unpaired) electrons. The van der Waals surface area contributed by atoms with E-state index in [0.717, 1.165) is 19.5 Å². The van der Waals surface area contributed by atoms with E-state index in [4.69, 9.17) is 5.26 Å². The van der Waals surface area contributed by atoms with Crippen molar-refractivity contribution in [3.05, 3.63) is 0 Å². The first-order chi connectivity index (χ1) is 6.24. The summed E-state index contributed by atoms with van der Waals surface area (Å²) in [5.74, 6) is -0.223. The lowest BCUT2D eigenvalue weighted by atomic mass is 10.3. The molecule has 0 atom stereocenters. The zero-order chi connectivity index (χ0) is 10.1. The summed E-state index contributed by atoms with van der Waals surface area (Å²) in [5.41, 5.74) is 0. The SMILES string of the molecule is CCN(CCCC#N)CC(=O)OC. The number of carbonyl (C=O) groups excluding carboxylic acids is 1. The Kier molecular flexibility index (Phi) is 6.93. The molecular formula is C9H16N2O2. The fraction of sp³-hybridized carbons (Fsp3) is 0.778. The lowest BCUT2D eigenvalue weighted by molar-refractivity contribution is -0.141. The molecular weight excluding hydrogens is 168 g/mol. The molecule has 0 rings (SSSR count). The summed E-state index contributed by atoms with van der Waals surface area (Å²) in [6.45, 7) is 3.88. The number of ether oxygens (including phenoxy) is 1. The topological polar surface area (TPSA) is 53.3 Å². The predicted molar refractivity (Wildman–Crippen MR) is 49.0 cm³/mol. The van der Waals surface area contributed by atoms with Crippen LogP contribution in [0.1, 0.15) is 19.8 Å². The van der Waals surface area contributed by atoms with Crippen molar-refractivity contribution in [3.63, 3.8) is 0 Å². The van der Waals surface area contributed by atoms with Gasteiger partial charge in [-0.25, -0.2) is 0 Å². The summed E-state index contributed by atoms with van der Waals surface area (Å²) in [7, 11) is 1.38. The molecule has 0 fully saturated rings. The van der Waals surface area contributed by atoms with Crippen LogP contribution in [0, 0.1) is 11.3 Å². The van der Waals surface area contributed by atoms with E-state index in [-0.39, 0.29) is 5.97 Å². The number of hydrogen-bond acceptors (Lipinski definition) is 4. The molecule has 0 unspecified atom stereocenters. The molecule has 0 bridgehead atoms. The minimum atomic E-state index is -0.223. The van der Waals surface area contributed by atoms with E-state index in [9.17, 15) is 4.79 Å². The fourth-order valence-electron chi connectivity index (χ4n) is 0.978. The average Bonchev–Trinajstić information content (AvgIpc) is 2.16. The summed E-state index contributed by atoms with van der Waals surface area (Å²) in [6.07, 6.45) is 1.35. The highest BCUT2D eigenvalue weighted by atomic mass is 16.5. The van der Waals surface area contributed by atoms with Gasteiger partial charge in [0.05, 0.1) is 19.7 Å². The third-order valence-electron chi connectivity index (χ3n) is 1.79. The highest BCUT2D eigenvalue weighted by molar-refractivity contribution is 5.71. The smallest absolute Gasteiger partial charge is 0.319 e. The van der Waals surface area contributed by atoms with Gasteiger partial charge in [-0.15, -0.1) is 0 Å². The number of esters is 1. The minimum Gasteiger partial charge on any atom is -0.468 e. The zero-order valence-electron chi connectivity index (χ0n) is 8.25. The van der Waals surface area contributed by atoms with Crippen LogP contribution < -0.4 is 0 Å². The Balaban J connectivity index is 3.64. The van der Waals surface area contributed by atoms with Crippen LogP contribution in [0.25, 0.3) is 0 Å². The number of carbonyl (C=O) groups is 1. The molecule has 13 heavy (non-hydrogen) atoms. The Morgan fingerprint density at radius 2 is 2.31 bits per heavy atom. The molecule has 0 heterocycles. The van der Waals surface area contributed by atoms with Crippen LogP contribution in [0.5, 0.6) is 0 Å². The standard InChI is InChI=1S/C9H16N2O2/c1-3-11(7-5-4-6-10)8-9(12)13-2/h3-5,7-8H2,1-2H3. The van der Waals surface area contributed by atoms with Gasteiger partial charge in [-0.3, -0.25) is 9.69 Å². The first kappa shape index (κ1) is 11.9. The van der Waals surface area contributed by atoms with Crippen molar-refractivity contribution < 1.29 is 9.53 Å². The van der Waals surface area contributed by atoms with Crippen molar-refractivity contribution in [1.29, 1.82) is 5.26 Å². The molecule has 0 saturated heterocycles. The van der Waals surface area contributed by atoms with Crippen molar-refractivity contribution in [3.8, 4) is 6.07 Å². The van der Waals surface area contributed by atoms with E-state index < -0.39 is 0 Å². The first-order valence-corrected chi connectivity index (χ1v) is 4.40. The number of nitriles is 1. The van der Waals surface area contributed by atoms with Crippen LogP contribution in [-0.2, 0) is 9.53 Å². The predicted octanol–water partition coefficient (Wildman–Crippen LogP) is 0.785. The molecule has 0 aliphatic rings. The second-order valence-corrected chi connectivity index (χ2v) is 2.71. The van der Waals surface area contributed by atoms with Gasteiger partial charge in [-0.2, -0.15) is 5.26 Å². The molecule has 0 amide bonds.